The summed E-state index contributed by atoms with van der Waals surface area (Å²) in [4.78, 5) is 17.8. The number of benzene rings is 2. The van der Waals surface area contributed by atoms with Gasteiger partial charge in [-0.3, -0.25) is 4.98 Å². The molecular weight excluding hydrogens is 324 g/mol. The minimum Gasteiger partial charge on any atom is -0.497 e. The van der Waals surface area contributed by atoms with Gasteiger partial charge < -0.3 is 9.64 Å². The van der Waals surface area contributed by atoms with Crippen molar-refractivity contribution < 1.29 is 9.53 Å². The number of hydrogen-bond acceptors (Lipinski definition) is 4. The van der Waals surface area contributed by atoms with Crippen LogP contribution in [0, 0.1) is 0 Å². The zero-order chi connectivity index (χ0) is 15.8. The lowest BCUT2D eigenvalue weighted by atomic mass is 10.1. The predicted molar refractivity (Wildman–Crippen MR) is 97.0 cm³/mol. The molecular formula is C19H15ClN2O2. The Morgan fingerprint density at radius 3 is 2.75 bits per heavy atom. The third-order valence-corrected chi connectivity index (χ3v) is 4.14. The Kier molecular flexibility index (Phi) is 4.26. The number of halogens is 1. The van der Waals surface area contributed by atoms with Gasteiger partial charge in [0, 0.05) is 18.0 Å². The highest BCUT2D eigenvalue weighted by Gasteiger charge is 2.27. The number of anilines is 2. The largest absolute Gasteiger partial charge is 0.497 e. The second kappa shape index (κ2) is 6.36. The van der Waals surface area contributed by atoms with Crippen molar-refractivity contribution in [3.8, 4) is 5.75 Å². The van der Waals surface area contributed by atoms with Gasteiger partial charge in [0.05, 0.1) is 24.0 Å². The van der Waals surface area contributed by atoms with Crippen molar-refractivity contribution in [2.24, 2.45) is 0 Å². The number of ether oxygens (including phenoxy) is 1. The normalized spacial score (nSPS) is 12.5. The molecule has 1 aliphatic rings. The molecule has 0 radical (unpaired) electrons. The van der Waals surface area contributed by atoms with E-state index >= 15 is 0 Å². The minimum atomic E-state index is 0. The average molecular weight is 339 g/mol. The highest BCUT2D eigenvalue weighted by atomic mass is 35.5. The van der Waals surface area contributed by atoms with E-state index in [0.29, 0.717) is 12.1 Å². The van der Waals surface area contributed by atoms with E-state index in [-0.39, 0.29) is 12.4 Å². The van der Waals surface area contributed by atoms with Gasteiger partial charge in [-0.15, -0.1) is 12.4 Å². The number of carbonyl (C=O) groups excluding carboxylic acids is 1. The van der Waals surface area contributed by atoms with Crippen LogP contribution in [0.3, 0.4) is 0 Å². The van der Waals surface area contributed by atoms with Crippen LogP contribution in [0.1, 0.15) is 5.56 Å². The van der Waals surface area contributed by atoms with E-state index in [1.54, 1.807) is 13.3 Å². The number of methoxy groups -OCH3 is 1. The summed E-state index contributed by atoms with van der Waals surface area (Å²) in [5.41, 5.74) is 4.52. The first-order chi connectivity index (χ1) is 11.3. The summed E-state index contributed by atoms with van der Waals surface area (Å²) in [7, 11) is 1.64. The summed E-state index contributed by atoms with van der Waals surface area (Å²) in [6.07, 6.45) is 2.35. The monoisotopic (exact) mass is 338 g/mol. The number of nitrogens with zero attached hydrogens (tertiary/aromatic N) is 2. The molecule has 0 amide bonds. The van der Waals surface area contributed by atoms with Crippen LogP contribution in [0.2, 0.25) is 0 Å². The molecule has 2 aromatic carbocycles. The SMILES string of the molecule is COc1ccc2nccc(N3C(=C=O)Cc4ccccc43)c2c1.Cl. The number of rotatable bonds is 2. The predicted octanol–water partition coefficient (Wildman–Crippen LogP) is 4.07. The van der Waals surface area contributed by atoms with Crippen LogP contribution < -0.4 is 9.64 Å². The molecule has 0 bridgehead atoms. The molecule has 1 aliphatic heterocycles. The Bertz CT molecular complexity index is 964. The number of aromatic nitrogens is 1. The summed E-state index contributed by atoms with van der Waals surface area (Å²) in [5.74, 6) is 2.85. The standard InChI is InChI=1S/C19H14N2O2.ClH/c1-23-15-6-7-17-16(11-15)19(8-9-20-17)21-14(12-22)10-13-4-2-3-5-18(13)21;/h2-9,11H,10H2,1H3;1H. The second-order valence-electron chi connectivity index (χ2n) is 5.40. The zero-order valence-electron chi connectivity index (χ0n) is 13.0. The van der Waals surface area contributed by atoms with E-state index in [4.69, 9.17) is 4.74 Å². The summed E-state index contributed by atoms with van der Waals surface area (Å²) >= 11 is 0. The van der Waals surface area contributed by atoms with Crippen molar-refractivity contribution in [2.75, 3.05) is 12.0 Å². The van der Waals surface area contributed by atoms with Gasteiger partial charge in [-0.25, -0.2) is 4.79 Å². The van der Waals surface area contributed by atoms with Gasteiger partial charge in [-0.2, -0.15) is 0 Å². The van der Waals surface area contributed by atoms with Crippen LogP contribution in [0.25, 0.3) is 10.9 Å². The third-order valence-electron chi connectivity index (χ3n) is 4.14. The zero-order valence-corrected chi connectivity index (χ0v) is 13.8. The highest BCUT2D eigenvalue weighted by Crippen LogP contribution is 2.42. The molecule has 0 saturated heterocycles. The van der Waals surface area contributed by atoms with Crippen molar-refractivity contribution in [2.45, 2.75) is 6.42 Å². The van der Waals surface area contributed by atoms with Crippen LogP contribution in [-0.4, -0.2) is 18.0 Å². The van der Waals surface area contributed by atoms with Gasteiger partial charge >= 0.3 is 0 Å². The Balaban J connectivity index is 0.00000169. The van der Waals surface area contributed by atoms with Gasteiger partial charge in [0.1, 0.15) is 17.4 Å². The maximum Gasteiger partial charge on any atom is 0.146 e. The Morgan fingerprint density at radius 2 is 1.96 bits per heavy atom. The average Bonchev–Trinajstić information content (AvgIpc) is 2.99. The number of para-hydroxylation sites is 1. The summed E-state index contributed by atoms with van der Waals surface area (Å²) in [5, 5.41) is 0.941. The van der Waals surface area contributed by atoms with E-state index in [1.807, 2.05) is 53.4 Å². The smallest absolute Gasteiger partial charge is 0.146 e. The van der Waals surface area contributed by atoms with Gasteiger partial charge in [0.25, 0.3) is 0 Å². The molecule has 3 aromatic rings. The first-order valence-electron chi connectivity index (χ1n) is 7.36. The fourth-order valence-electron chi connectivity index (χ4n) is 3.07. The van der Waals surface area contributed by atoms with Crippen molar-refractivity contribution in [1.82, 2.24) is 4.98 Å². The lowest BCUT2D eigenvalue weighted by Gasteiger charge is -2.21. The number of allylic oxidation sites excluding steroid dienone is 1. The minimum absolute atomic E-state index is 0. The molecule has 0 aliphatic carbocycles. The Hall–Kier alpha value is -2.81. The summed E-state index contributed by atoms with van der Waals surface area (Å²) in [6, 6.07) is 15.7. The number of fused-ring (bicyclic) bond motifs is 2. The van der Waals surface area contributed by atoms with Crippen molar-refractivity contribution in [3.63, 3.8) is 0 Å². The lowest BCUT2D eigenvalue weighted by molar-refractivity contribution is 0.415. The summed E-state index contributed by atoms with van der Waals surface area (Å²) < 4.78 is 5.33. The molecule has 120 valence electrons. The molecule has 24 heavy (non-hydrogen) atoms. The number of hydrogen-bond donors (Lipinski definition) is 0. The van der Waals surface area contributed by atoms with Gasteiger partial charge in [-0.05, 0) is 35.9 Å². The third kappa shape index (κ3) is 2.42. The van der Waals surface area contributed by atoms with Crippen molar-refractivity contribution in [3.05, 3.63) is 66.0 Å². The maximum atomic E-state index is 11.5. The van der Waals surface area contributed by atoms with Gasteiger partial charge in [0.15, 0.2) is 0 Å². The van der Waals surface area contributed by atoms with Crippen LogP contribution in [0.15, 0.2) is 60.4 Å². The fourth-order valence-corrected chi connectivity index (χ4v) is 3.07. The Labute approximate surface area is 145 Å². The molecule has 0 N–H and O–H groups in total. The van der Waals surface area contributed by atoms with Gasteiger partial charge in [0.2, 0.25) is 0 Å². The van der Waals surface area contributed by atoms with Crippen LogP contribution >= 0.6 is 12.4 Å². The molecule has 0 fully saturated rings. The molecule has 4 rings (SSSR count). The van der Waals surface area contributed by atoms with E-state index in [2.05, 4.69) is 10.9 Å². The lowest BCUT2D eigenvalue weighted by Crippen LogP contribution is -2.12. The number of pyridine rings is 1. The molecule has 0 saturated carbocycles. The van der Waals surface area contributed by atoms with Crippen molar-refractivity contribution in [1.29, 1.82) is 0 Å². The van der Waals surface area contributed by atoms with Gasteiger partial charge in [-0.1, -0.05) is 18.2 Å². The van der Waals surface area contributed by atoms with Crippen LogP contribution in [0.4, 0.5) is 11.4 Å². The topological polar surface area (TPSA) is 42.4 Å². The molecule has 0 spiro atoms. The van der Waals surface area contributed by atoms with Crippen LogP contribution in [-0.2, 0) is 11.2 Å². The first kappa shape index (κ1) is 16.1. The molecule has 4 nitrogen and oxygen atoms in total. The van der Waals surface area contributed by atoms with E-state index in [9.17, 15) is 4.79 Å². The fraction of sp³-hybridized carbons (Fsp3) is 0.105. The maximum absolute atomic E-state index is 11.5. The molecule has 1 aromatic heterocycles. The van der Waals surface area contributed by atoms with Crippen LogP contribution in [0.5, 0.6) is 5.75 Å². The molecule has 0 unspecified atom stereocenters. The quantitative estimate of drug-likeness (QED) is 0.660. The van der Waals surface area contributed by atoms with E-state index in [1.165, 1.54) is 0 Å². The Morgan fingerprint density at radius 1 is 1.12 bits per heavy atom. The van der Waals surface area contributed by atoms with E-state index < -0.39 is 0 Å². The first-order valence-corrected chi connectivity index (χ1v) is 7.36. The second-order valence-corrected chi connectivity index (χ2v) is 5.40. The van der Waals surface area contributed by atoms with E-state index in [0.717, 1.165) is 33.6 Å². The molecule has 0 atom stereocenters. The van der Waals surface area contributed by atoms with Crippen molar-refractivity contribution >= 4 is 40.6 Å². The summed E-state index contributed by atoms with van der Waals surface area (Å²) in [6.45, 7) is 0. The highest BCUT2D eigenvalue weighted by molar-refractivity contribution is 5.98. The molecule has 2 heterocycles. The molecule has 5 heteroatoms.